The minimum atomic E-state index is -0.281. The Labute approximate surface area is 206 Å². The van der Waals surface area contributed by atoms with Crippen molar-refractivity contribution in [2.45, 2.75) is 37.6 Å². The van der Waals surface area contributed by atoms with Crippen LogP contribution in [-0.4, -0.2) is 44.9 Å². The van der Waals surface area contributed by atoms with E-state index in [-0.39, 0.29) is 30.2 Å². The van der Waals surface area contributed by atoms with Crippen LogP contribution in [0.25, 0.3) is 0 Å². The third kappa shape index (κ3) is 5.20. The first-order valence-corrected chi connectivity index (χ1v) is 12.3. The van der Waals surface area contributed by atoms with Crippen molar-refractivity contribution in [3.8, 4) is 11.8 Å². The molecule has 5 N–H and O–H groups in total. The van der Waals surface area contributed by atoms with E-state index in [4.69, 9.17) is 10.00 Å². The van der Waals surface area contributed by atoms with Gasteiger partial charge in [-0.05, 0) is 60.7 Å². The summed E-state index contributed by atoms with van der Waals surface area (Å²) in [6.07, 6.45) is 2.38. The Kier molecular flexibility index (Phi) is 7.04. The van der Waals surface area contributed by atoms with Crippen molar-refractivity contribution in [1.29, 1.82) is 5.26 Å². The molecular formula is C26H33N7O2. The number of hydrogen-bond acceptors (Lipinski definition) is 8. The Bertz CT molecular complexity index is 1060. The molecule has 2 aromatic carbocycles. The predicted molar refractivity (Wildman–Crippen MR) is 134 cm³/mol. The summed E-state index contributed by atoms with van der Waals surface area (Å²) in [6, 6.07) is 18.6. The number of nitrogens with zero attached hydrogens (tertiary/aromatic N) is 2. The number of carbonyl (C=O) groups is 1. The molecule has 2 aromatic rings. The zero-order valence-corrected chi connectivity index (χ0v) is 20.0. The molecule has 0 radical (unpaired) electrons. The average Bonchev–Trinajstić information content (AvgIpc) is 2.90. The molecule has 0 bridgehead atoms. The van der Waals surface area contributed by atoms with Crippen LogP contribution in [0.15, 0.2) is 48.5 Å². The summed E-state index contributed by atoms with van der Waals surface area (Å²) in [6.45, 7) is 2.60. The predicted octanol–water partition coefficient (Wildman–Crippen LogP) is 2.07. The first-order chi connectivity index (χ1) is 17.1. The molecule has 9 heteroatoms. The van der Waals surface area contributed by atoms with E-state index in [0.29, 0.717) is 18.9 Å². The average molecular weight is 476 g/mol. The third-order valence-electron chi connectivity index (χ3n) is 7.33. The standard InChI is InChI=1S/C26H33N7O2/c1-35-21-4-2-3-18(15-21)24-30-22-16-28-32-26(34)23(22)25(31-24)29-19-5-7-20(8-6-19)33-13-10-17(9-12-27)11-14-33/h2-8,15,17,22-25,28-31H,9-11,13-14,16H2,1H3,(H,32,34). The van der Waals surface area contributed by atoms with Gasteiger partial charge >= 0.3 is 0 Å². The van der Waals surface area contributed by atoms with Crippen LogP contribution in [0.5, 0.6) is 5.75 Å². The molecule has 9 nitrogen and oxygen atoms in total. The quantitative estimate of drug-likeness (QED) is 0.432. The van der Waals surface area contributed by atoms with Crippen molar-refractivity contribution in [3.05, 3.63) is 54.1 Å². The van der Waals surface area contributed by atoms with Crippen LogP contribution >= 0.6 is 0 Å². The Balaban J connectivity index is 1.29. The third-order valence-corrected chi connectivity index (χ3v) is 7.33. The lowest BCUT2D eigenvalue weighted by Crippen LogP contribution is -2.71. The van der Waals surface area contributed by atoms with Gasteiger partial charge in [0.05, 0.1) is 31.4 Å². The number of piperidine rings is 1. The van der Waals surface area contributed by atoms with Gasteiger partial charge in [0.25, 0.3) is 0 Å². The molecule has 5 rings (SSSR count). The molecule has 0 saturated carbocycles. The fraction of sp³-hybridized carbons (Fsp3) is 0.462. The number of methoxy groups -OCH3 is 1. The van der Waals surface area contributed by atoms with Gasteiger partial charge in [-0.15, -0.1) is 0 Å². The molecule has 3 aliphatic rings. The van der Waals surface area contributed by atoms with E-state index >= 15 is 0 Å². The maximum Gasteiger partial charge on any atom is 0.242 e. The van der Waals surface area contributed by atoms with E-state index in [9.17, 15) is 4.79 Å². The lowest BCUT2D eigenvalue weighted by Gasteiger charge is -2.46. The molecule has 0 spiro atoms. The molecule has 4 unspecified atom stereocenters. The minimum Gasteiger partial charge on any atom is -0.497 e. The number of carbonyl (C=O) groups excluding carboxylic acids is 1. The van der Waals surface area contributed by atoms with E-state index in [1.165, 1.54) is 5.69 Å². The molecule has 35 heavy (non-hydrogen) atoms. The molecule has 4 atom stereocenters. The van der Waals surface area contributed by atoms with Crippen LogP contribution in [0.4, 0.5) is 11.4 Å². The lowest BCUT2D eigenvalue weighted by molar-refractivity contribution is -0.131. The summed E-state index contributed by atoms with van der Waals surface area (Å²) in [5.74, 6) is 0.992. The SMILES string of the molecule is COc1cccc(C2NC3CNNC(=O)C3C(Nc3ccc(N4CCC(CC#N)CC4)cc3)N2)c1. The highest BCUT2D eigenvalue weighted by atomic mass is 16.5. The van der Waals surface area contributed by atoms with Gasteiger partial charge in [-0.2, -0.15) is 5.26 Å². The highest BCUT2D eigenvalue weighted by Gasteiger charge is 2.44. The van der Waals surface area contributed by atoms with Gasteiger partial charge in [-0.3, -0.25) is 20.9 Å². The van der Waals surface area contributed by atoms with E-state index in [0.717, 1.165) is 42.9 Å². The van der Waals surface area contributed by atoms with Crippen molar-refractivity contribution >= 4 is 17.3 Å². The normalized spacial score (nSPS) is 26.9. The summed E-state index contributed by atoms with van der Waals surface area (Å²) >= 11 is 0. The second kappa shape index (κ2) is 10.5. The Hall–Kier alpha value is -3.32. The molecule has 3 fully saturated rings. The molecule has 0 aliphatic carbocycles. The number of ether oxygens (including phenoxy) is 1. The van der Waals surface area contributed by atoms with Gasteiger partial charge in [0.1, 0.15) is 5.75 Å². The zero-order valence-electron chi connectivity index (χ0n) is 20.0. The summed E-state index contributed by atoms with van der Waals surface area (Å²) in [7, 11) is 1.66. The topological polar surface area (TPSA) is 113 Å². The highest BCUT2D eigenvalue weighted by molar-refractivity contribution is 5.81. The first-order valence-electron chi connectivity index (χ1n) is 12.3. The van der Waals surface area contributed by atoms with E-state index in [2.05, 4.69) is 68.1 Å². The van der Waals surface area contributed by atoms with Crippen molar-refractivity contribution < 1.29 is 9.53 Å². The van der Waals surface area contributed by atoms with Crippen LogP contribution in [0.3, 0.4) is 0 Å². The van der Waals surface area contributed by atoms with E-state index < -0.39 is 0 Å². The maximum absolute atomic E-state index is 12.8. The molecule has 1 amide bonds. The number of amides is 1. The Morgan fingerprint density at radius 2 is 1.94 bits per heavy atom. The van der Waals surface area contributed by atoms with Gasteiger partial charge in [-0.25, -0.2) is 5.43 Å². The van der Waals surface area contributed by atoms with Gasteiger partial charge in [-0.1, -0.05) is 12.1 Å². The number of anilines is 2. The van der Waals surface area contributed by atoms with Crippen molar-refractivity contribution in [2.75, 3.05) is 37.0 Å². The fourth-order valence-corrected chi connectivity index (χ4v) is 5.35. The lowest BCUT2D eigenvalue weighted by atomic mass is 9.89. The Morgan fingerprint density at radius 1 is 1.14 bits per heavy atom. The van der Waals surface area contributed by atoms with Crippen LogP contribution in [0.2, 0.25) is 0 Å². The minimum absolute atomic E-state index is 0.0346. The number of nitrogens with one attached hydrogen (secondary N) is 5. The maximum atomic E-state index is 12.8. The van der Waals surface area contributed by atoms with Gasteiger partial charge in [0.2, 0.25) is 5.91 Å². The number of benzene rings is 2. The molecule has 3 heterocycles. The van der Waals surface area contributed by atoms with E-state index in [1.54, 1.807) is 7.11 Å². The van der Waals surface area contributed by atoms with E-state index in [1.807, 2.05) is 18.2 Å². The smallest absolute Gasteiger partial charge is 0.242 e. The van der Waals surface area contributed by atoms with Gasteiger partial charge in [0.15, 0.2) is 0 Å². The summed E-state index contributed by atoms with van der Waals surface area (Å²) in [5.41, 5.74) is 8.98. The molecule has 3 saturated heterocycles. The number of hydrogen-bond donors (Lipinski definition) is 5. The summed E-state index contributed by atoms with van der Waals surface area (Å²) in [5, 5.41) is 19.7. The molecule has 3 aliphatic heterocycles. The molecule has 0 aromatic heterocycles. The van der Waals surface area contributed by atoms with Crippen molar-refractivity contribution in [2.24, 2.45) is 11.8 Å². The number of rotatable bonds is 6. The fourth-order valence-electron chi connectivity index (χ4n) is 5.35. The van der Waals surface area contributed by atoms with Crippen LogP contribution in [-0.2, 0) is 4.79 Å². The van der Waals surface area contributed by atoms with Gasteiger partial charge in [0, 0.05) is 43.5 Å². The summed E-state index contributed by atoms with van der Waals surface area (Å²) < 4.78 is 5.41. The van der Waals surface area contributed by atoms with Crippen LogP contribution in [0.1, 0.15) is 31.0 Å². The van der Waals surface area contributed by atoms with Crippen molar-refractivity contribution in [1.82, 2.24) is 21.5 Å². The molecular weight excluding hydrogens is 442 g/mol. The van der Waals surface area contributed by atoms with Crippen LogP contribution in [0, 0.1) is 23.2 Å². The monoisotopic (exact) mass is 475 g/mol. The highest BCUT2D eigenvalue weighted by Crippen LogP contribution is 2.29. The summed E-state index contributed by atoms with van der Waals surface area (Å²) in [4.78, 5) is 15.2. The van der Waals surface area contributed by atoms with Crippen LogP contribution < -0.4 is 36.4 Å². The van der Waals surface area contributed by atoms with Gasteiger partial charge < -0.3 is 15.0 Å². The second-order valence-corrected chi connectivity index (χ2v) is 9.51. The largest absolute Gasteiger partial charge is 0.497 e. The number of hydrazine groups is 1. The Morgan fingerprint density at radius 3 is 2.69 bits per heavy atom. The number of nitriles is 1. The zero-order chi connectivity index (χ0) is 24.2. The number of fused-ring (bicyclic) bond motifs is 1. The second-order valence-electron chi connectivity index (χ2n) is 9.51. The molecule has 184 valence electrons. The first kappa shape index (κ1) is 23.4. The van der Waals surface area contributed by atoms with Crippen molar-refractivity contribution in [3.63, 3.8) is 0 Å².